The average Bonchev–Trinajstić information content (AvgIpc) is 2.62. The van der Waals surface area contributed by atoms with E-state index >= 15 is 0 Å². The van der Waals surface area contributed by atoms with Crippen molar-refractivity contribution >= 4 is 11.9 Å². The van der Waals surface area contributed by atoms with Gasteiger partial charge in [-0.15, -0.1) is 0 Å². The monoisotopic (exact) mass is 353 g/mol. The van der Waals surface area contributed by atoms with Crippen LogP contribution in [0.4, 0.5) is 0 Å². The molecular weight excluding hydrogens is 330 g/mol. The summed E-state index contributed by atoms with van der Waals surface area (Å²) in [4.78, 5) is 24.8. The van der Waals surface area contributed by atoms with Crippen molar-refractivity contribution in [1.29, 1.82) is 5.26 Å². The van der Waals surface area contributed by atoms with E-state index in [1.807, 2.05) is 37.3 Å². The van der Waals surface area contributed by atoms with E-state index in [-0.39, 0.29) is 19.1 Å². The van der Waals surface area contributed by atoms with Crippen molar-refractivity contribution in [3.8, 4) is 6.07 Å². The van der Waals surface area contributed by atoms with Crippen molar-refractivity contribution in [2.45, 2.75) is 33.1 Å². The lowest BCUT2D eigenvalue weighted by atomic mass is 9.76. The lowest BCUT2D eigenvalue weighted by molar-refractivity contribution is -0.159. The Labute approximate surface area is 153 Å². The van der Waals surface area contributed by atoms with E-state index in [0.717, 1.165) is 11.1 Å². The molecule has 5 heteroatoms. The van der Waals surface area contributed by atoms with E-state index in [2.05, 4.69) is 6.07 Å². The maximum Gasteiger partial charge on any atom is 0.324 e. The minimum Gasteiger partial charge on any atom is -0.465 e. The summed E-state index contributed by atoms with van der Waals surface area (Å²) in [6.07, 6.45) is 2.14. The molecule has 0 radical (unpaired) electrons. The molecule has 1 aliphatic rings. The topological polar surface area (TPSA) is 76.4 Å². The Bertz CT molecular complexity index is 753. The van der Waals surface area contributed by atoms with Gasteiger partial charge in [0.15, 0.2) is 5.92 Å². The number of hydrogen-bond acceptors (Lipinski definition) is 5. The highest BCUT2D eigenvalue weighted by Crippen LogP contribution is 2.39. The third-order valence-electron chi connectivity index (χ3n) is 4.35. The first-order valence-corrected chi connectivity index (χ1v) is 8.72. The fourth-order valence-electron chi connectivity index (χ4n) is 3.21. The minimum absolute atomic E-state index is 0.183. The van der Waals surface area contributed by atoms with Crippen LogP contribution in [0, 0.1) is 17.2 Å². The van der Waals surface area contributed by atoms with Crippen molar-refractivity contribution in [3.05, 3.63) is 58.7 Å². The summed E-state index contributed by atoms with van der Waals surface area (Å²) < 4.78 is 10.2. The zero-order chi connectivity index (χ0) is 19.1. The molecular formula is C21H23NO4. The third kappa shape index (κ3) is 4.20. The normalized spacial score (nSPS) is 16.7. The van der Waals surface area contributed by atoms with Gasteiger partial charge < -0.3 is 9.47 Å². The van der Waals surface area contributed by atoms with Gasteiger partial charge in [0.05, 0.1) is 19.3 Å². The molecule has 5 nitrogen and oxygen atoms in total. The number of ether oxygens (including phenoxy) is 2. The summed E-state index contributed by atoms with van der Waals surface area (Å²) >= 11 is 0. The van der Waals surface area contributed by atoms with E-state index in [1.165, 1.54) is 0 Å². The number of rotatable bonds is 6. The quantitative estimate of drug-likeness (QED) is 0.576. The van der Waals surface area contributed by atoms with Crippen LogP contribution in [-0.2, 0) is 19.1 Å². The summed E-state index contributed by atoms with van der Waals surface area (Å²) in [5, 5.41) is 9.58. The van der Waals surface area contributed by atoms with Gasteiger partial charge in [-0.1, -0.05) is 36.4 Å². The van der Waals surface area contributed by atoms with Crippen LogP contribution in [0.25, 0.3) is 0 Å². The van der Waals surface area contributed by atoms with Gasteiger partial charge in [0.1, 0.15) is 0 Å². The number of nitrogens with zero attached hydrogens (tertiary/aromatic N) is 1. The molecule has 0 amide bonds. The number of esters is 2. The van der Waals surface area contributed by atoms with Crippen molar-refractivity contribution in [2.24, 2.45) is 5.92 Å². The Balaban J connectivity index is 2.46. The van der Waals surface area contributed by atoms with Gasteiger partial charge in [0, 0.05) is 11.5 Å². The van der Waals surface area contributed by atoms with E-state index in [9.17, 15) is 14.9 Å². The molecule has 1 aliphatic carbocycles. The van der Waals surface area contributed by atoms with Gasteiger partial charge in [-0.3, -0.25) is 9.59 Å². The first-order valence-electron chi connectivity index (χ1n) is 8.72. The van der Waals surface area contributed by atoms with E-state index in [1.54, 1.807) is 19.9 Å². The molecule has 136 valence electrons. The van der Waals surface area contributed by atoms with Gasteiger partial charge in [-0.25, -0.2) is 0 Å². The molecule has 0 aliphatic heterocycles. The molecule has 0 bridgehead atoms. The molecule has 26 heavy (non-hydrogen) atoms. The molecule has 1 aromatic rings. The molecule has 0 fully saturated rings. The number of benzene rings is 1. The Kier molecular flexibility index (Phi) is 6.74. The third-order valence-corrected chi connectivity index (χ3v) is 4.35. The predicted octanol–water partition coefficient (Wildman–Crippen LogP) is 3.68. The summed E-state index contributed by atoms with van der Waals surface area (Å²) in [7, 11) is 0. The highest BCUT2D eigenvalue weighted by molar-refractivity contribution is 5.98. The second-order valence-electron chi connectivity index (χ2n) is 6.03. The molecule has 2 rings (SSSR count). The van der Waals surface area contributed by atoms with Gasteiger partial charge in [0.2, 0.25) is 0 Å². The summed E-state index contributed by atoms with van der Waals surface area (Å²) in [5.74, 6) is -2.53. The highest BCUT2D eigenvalue weighted by Gasteiger charge is 2.37. The van der Waals surface area contributed by atoms with Crippen LogP contribution >= 0.6 is 0 Å². The average molecular weight is 353 g/mol. The van der Waals surface area contributed by atoms with Crippen LogP contribution < -0.4 is 0 Å². The molecule has 1 atom stereocenters. The predicted molar refractivity (Wildman–Crippen MR) is 97.0 cm³/mol. The standard InChI is InChI=1S/C21H23NO4/c1-4-25-20(23)19(21(24)26-5-2)16-11-14(3)18(13-22)17(12-16)15-9-7-6-8-10-15/h6-11,17,19H,4-5,12H2,1-3H3. The Morgan fingerprint density at radius 1 is 1.15 bits per heavy atom. The molecule has 0 N–H and O–H groups in total. The molecule has 1 aromatic carbocycles. The molecule has 0 saturated heterocycles. The Morgan fingerprint density at radius 2 is 1.73 bits per heavy atom. The summed E-state index contributed by atoms with van der Waals surface area (Å²) in [6, 6.07) is 11.9. The van der Waals surface area contributed by atoms with Crippen molar-refractivity contribution in [3.63, 3.8) is 0 Å². The molecule has 0 heterocycles. The lowest BCUT2D eigenvalue weighted by Gasteiger charge is -2.27. The Morgan fingerprint density at radius 3 is 2.23 bits per heavy atom. The molecule has 0 saturated carbocycles. The smallest absolute Gasteiger partial charge is 0.324 e. The first-order chi connectivity index (χ1) is 12.5. The lowest BCUT2D eigenvalue weighted by Crippen LogP contribution is -2.31. The van der Waals surface area contributed by atoms with Crippen molar-refractivity contribution < 1.29 is 19.1 Å². The van der Waals surface area contributed by atoms with Crippen LogP contribution in [-0.4, -0.2) is 25.2 Å². The van der Waals surface area contributed by atoms with Gasteiger partial charge in [-0.05, 0) is 43.9 Å². The number of hydrogen-bond donors (Lipinski definition) is 0. The highest BCUT2D eigenvalue weighted by atomic mass is 16.6. The first kappa shape index (κ1) is 19.5. The zero-order valence-corrected chi connectivity index (χ0v) is 15.3. The number of nitriles is 1. The number of carbonyl (C=O) groups excluding carboxylic acids is 2. The largest absolute Gasteiger partial charge is 0.465 e. The Hall–Kier alpha value is -2.87. The van der Waals surface area contributed by atoms with E-state index < -0.39 is 17.9 Å². The number of allylic oxidation sites excluding steroid dienone is 3. The van der Waals surface area contributed by atoms with Crippen molar-refractivity contribution in [1.82, 2.24) is 0 Å². The minimum atomic E-state index is -1.10. The fraction of sp³-hybridized carbons (Fsp3) is 0.381. The SMILES string of the molecule is CCOC(=O)C(C(=O)OCC)C1=CC(C)=C(C#N)C(c2ccccc2)C1. The summed E-state index contributed by atoms with van der Waals surface area (Å²) in [5.41, 5.74) is 2.99. The van der Waals surface area contributed by atoms with Gasteiger partial charge >= 0.3 is 11.9 Å². The second-order valence-corrected chi connectivity index (χ2v) is 6.03. The fourth-order valence-corrected chi connectivity index (χ4v) is 3.21. The van der Waals surface area contributed by atoms with Crippen LogP contribution in [0.1, 0.15) is 38.7 Å². The van der Waals surface area contributed by atoms with Crippen LogP contribution in [0.2, 0.25) is 0 Å². The maximum absolute atomic E-state index is 12.4. The van der Waals surface area contributed by atoms with Crippen molar-refractivity contribution in [2.75, 3.05) is 13.2 Å². The molecule has 1 unspecified atom stereocenters. The number of carbonyl (C=O) groups is 2. The van der Waals surface area contributed by atoms with Gasteiger partial charge in [-0.2, -0.15) is 5.26 Å². The summed E-state index contributed by atoms with van der Waals surface area (Å²) in [6.45, 7) is 5.58. The second kappa shape index (κ2) is 9.00. The van der Waals surface area contributed by atoms with E-state index in [0.29, 0.717) is 17.6 Å². The van der Waals surface area contributed by atoms with Crippen LogP contribution in [0.15, 0.2) is 53.1 Å². The zero-order valence-electron chi connectivity index (χ0n) is 15.3. The molecule has 0 spiro atoms. The van der Waals surface area contributed by atoms with Gasteiger partial charge in [0.25, 0.3) is 0 Å². The maximum atomic E-state index is 12.4. The van der Waals surface area contributed by atoms with E-state index in [4.69, 9.17) is 9.47 Å². The molecule has 0 aromatic heterocycles. The van der Waals surface area contributed by atoms with Crippen LogP contribution in [0.5, 0.6) is 0 Å². The van der Waals surface area contributed by atoms with Crippen LogP contribution in [0.3, 0.4) is 0 Å².